The number of nitrogens with two attached hydrogens (primary N) is 1. The molecule has 9 heteroatoms. The summed E-state index contributed by atoms with van der Waals surface area (Å²) >= 11 is 0. The van der Waals surface area contributed by atoms with Gasteiger partial charge in [0.1, 0.15) is 0 Å². The number of halogens is 1. The topological polar surface area (TPSA) is 99.9 Å². The summed E-state index contributed by atoms with van der Waals surface area (Å²) in [7, 11) is -2.64. The number of hydrogen-bond donors (Lipinski definition) is 2. The van der Waals surface area contributed by atoms with Crippen molar-refractivity contribution >= 4 is 15.7 Å². The molecule has 1 aromatic carbocycles. The van der Waals surface area contributed by atoms with Gasteiger partial charge in [0.25, 0.3) is 0 Å². The van der Waals surface area contributed by atoms with Crippen LogP contribution in [0.15, 0.2) is 17.0 Å². The SMILES string of the molecule is COc1c(N)cc(S(=O)(=O)NCC2COCCO2)cc1F. The number of nitrogens with one attached hydrogen (secondary N) is 1. The van der Waals surface area contributed by atoms with Gasteiger partial charge in [-0.3, -0.25) is 0 Å². The Morgan fingerprint density at radius 3 is 2.81 bits per heavy atom. The molecule has 0 bridgehead atoms. The van der Waals surface area contributed by atoms with E-state index in [0.29, 0.717) is 19.8 Å². The van der Waals surface area contributed by atoms with Crippen molar-refractivity contribution in [1.29, 1.82) is 0 Å². The summed E-state index contributed by atoms with van der Waals surface area (Å²) in [6.45, 7) is 1.25. The minimum Gasteiger partial charge on any atom is -0.492 e. The van der Waals surface area contributed by atoms with Crippen molar-refractivity contribution in [3.63, 3.8) is 0 Å². The molecule has 1 unspecified atom stereocenters. The van der Waals surface area contributed by atoms with Gasteiger partial charge in [-0.05, 0) is 12.1 Å². The molecule has 1 aliphatic rings. The Kier molecular flexibility index (Phi) is 4.99. The number of benzene rings is 1. The van der Waals surface area contributed by atoms with Crippen molar-refractivity contribution < 1.29 is 27.0 Å². The lowest BCUT2D eigenvalue weighted by Gasteiger charge is -2.23. The van der Waals surface area contributed by atoms with E-state index >= 15 is 0 Å². The highest BCUT2D eigenvalue weighted by atomic mass is 32.2. The molecule has 1 atom stereocenters. The number of hydrogen-bond acceptors (Lipinski definition) is 6. The van der Waals surface area contributed by atoms with Gasteiger partial charge < -0.3 is 19.9 Å². The first-order valence-electron chi connectivity index (χ1n) is 6.26. The third kappa shape index (κ3) is 3.82. The van der Waals surface area contributed by atoms with E-state index in [0.717, 1.165) is 12.1 Å². The minimum atomic E-state index is -3.89. The molecule has 0 radical (unpaired) electrons. The van der Waals surface area contributed by atoms with Gasteiger partial charge in [0, 0.05) is 6.54 Å². The maximum atomic E-state index is 13.7. The van der Waals surface area contributed by atoms with Crippen LogP contribution in [0.3, 0.4) is 0 Å². The Bertz CT molecular complexity index is 579. The molecule has 1 fully saturated rings. The van der Waals surface area contributed by atoms with Crippen LogP contribution < -0.4 is 15.2 Å². The zero-order valence-corrected chi connectivity index (χ0v) is 12.3. The molecule has 0 aliphatic carbocycles. The summed E-state index contributed by atoms with van der Waals surface area (Å²) in [5.41, 5.74) is 5.48. The standard InChI is InChI=1S/C12H17FN2O5S/c1-18-12-10(13)4-9(5-11(12)14)21(16,17)15-6-8-7-19-2-3-20-8/h4-5,8,15H,2-3,6-7,14H2,1H3. The van der Waals surface area contributed by atoms with Crippen molar-refractivity contribution in [3.8, 4) is 5.75 Å². The molecule has 1 saturated heterocycles. The Labute approximate surface area is 122 Å². The van der Waals surface area contributed by atoms with E-state index in [2.05, 4.69) is 4.72 Å². The van der Waals surface area contributed by atoms with Gasteiger partial charge in [-0.25, -0.2) is 17.5 Å². The molecule has 118 valence electrons. The first-order chi connectivity index (χ1) is 9.94. The number of nitrogen functional groups attached to an aromatic ring is 1. The summed E-state index contributed by atoms with van der Waals surface area (Å²) in [4.78, 5) is -0.268. The molecular weight excluding hydrogens is 303 g/mol. The monoisotopic (exact) mass is 320 g/mol. The van der Waals surface area contributed by atoms with E-state index < -0.39 is 15.8 Å². The van der Waals surface area contributed by atoms with Crippen LogP contribution in [0, 0.1) is 5.82 Å². The van der Waals surface area contributed by atoms with E-state index in [-0.39, 0.29) is 29.0 Å². The number of anilines is 1. The Balaban J connectivity index is 2.12. The molecule has 1 aliphatic heterocycles. The van der Waals surface area contributed by atoms with Crippen LogP contribution in [-0.4, -0.2) is 48.0 Å². The molecule has 1 aromatic rings. The summed E-state index contributed by atoms with van der Waals surface area (Å²) in [5, 5.41) is 0. The van der Waals surface area contributed by atoms with Crippen LogP contribution in [0.1, 0.15) is 0 Å². The predicted molar refractivity (Wildman–Crippen MR) is 73.1 cm³/mol. The lowest BCUT2D eigenvalue weighted by atomic mass is 10.3. The number of methoxy groups -OCH3 is 1. The molecular formula is C12H17FN2O5S. The van der Waals surface area contributed by atoms with Gasteiger partial charge in [0.2, 0.25) is 10.0 Å². The lowest BCUT2D eigenvalue weighted by molar-refractivity contribution is -0.0846. The van der Waals surface area contributed by atoms with Crippen molar-refractivity contribution in [2.24, 2.45) is 0 Å². The fourth-order valence-electron chi connectivity index (χ4n) is 1.90. The molecule has 7 nitrogen and oxygen atoms in total. The van der Waals surface area contributed by atoms with Crippen LogP contribution in [0.5, 0.6) is 5.75 Å². The van der Waals surface area contributed by atoms with E-state index in [1.807, 2.05) is 0 Å². The number of ether oxygens (including phenoxy) is 3. The van der Waals surface area contributed by atoms with Gasteiger partial charge in [-0.1, -0.05) is 0 Å². The summed E-state index contributed by atoms with van der Waals surface area (Å²) in [6.07, 6.45) is -0.367. The average Bonchev–Trinajstić information content (AvgIpc) is 2.46. The third-order valence-corrected chi connectivity index (χ3v) is 4.35. The minimum absolute atomic E-state index is 0.0376. The van der Waals surface area contributed by atoms with Crippen molar-refractivity contribution in [2.75, 3.05) is 39.2 Å². The second-order valence-corrected chi connectivity index (χ2v) is 6.21. The van der Waals surface area contributed by atoms with Gasteiger partial charge in [-0.15, -0.1) is 0 Å². The summed E-state index contributed by atoms with van der Waals surface area (Å²) in [6, 6.07) is 2.00. The van der Waals surface area contributed by atoms with Crippen LogP contribution >= 0.6 is 0 Å². The second kappa shape index (κ2) is 6.56. The smallest absolute Gasteiger partial charge is 0.240 e. The van der Waals surface area contributed by atoms with Crippen LogP contribution in [0.4, 0.5) is 10.1 Å². The third-order valence-electron chi connectivity index (χ3n) is 2.95. The number of rotatable bonds is 5. The first kappa shape index (κ1) is 16.0. The van der Waals surface area contributed by atoms with E-state index in [4.69, 9.17) is 19.9 Å². The van der Waals surface area contributed by atoms with Crippen LogP contribution in [0.25, 0.3) is 0 Å². The molecule has 21 heavy (non-hydrogen) atoms. The highest BCUT2D eigenvalue weighted by molar-refractivity contribution is 7.89. The average molecular weight is 320 g/mol. The van der Waals surface area contributed by atoms with Crippen molar-refractivity contribution in [1.82, 2.24) is 4.72 Å². The highest BCUT2D eigenvalue weighted by Crippen LogP contribution is 2.28. The zero-order valence-electron chi connectivity index (χ0n) is 11.5. The van der Waals surface area contributed by atoms with Gasteiger partial charge in [0.15, 0.2) is 11.6 Å². The molecule has 2 rings (SSSR count). The zero-order chi connectivity index (χ0) is 15.5. The predicted octanol–water partition coefficient (Wildman–Crippen LogP) is 0.110. The molecule has 3 N–H and O–H groups in total. The Hall–Kier alpha value is -1.42. The van der Waals surface area contributed by atoms with Crippen molar-refractivity contribution in [3.05, 3.63) is 17.9 Å². The maximum absolute atomic E-state index is 13.7. The summed E-state index contributed by atoms with van der Waals surface area (Å²) in [5.74, 6) is -1.02. The maximum Gasteiger partial charge on any atom is 0.240 e. The fourth-order valence-corrected chi connectivity index (χ4v) is 3.01. The molecule has 0 spiro atoms. The van der Waals surface area contributed by atoms with Crippen molar-refractivity contribution in [2.45, 2.75) is 11.0 Å². The van der Waals surface area contributed by atoms with Crippen LogP contribution in [-0.2, 0) is 19.5 Å². The second-order valence-electron chi connectivity index (χ2n) is 4.45. The van der Waals surface area contributed by atoms with Gasteiger partial charge in [0.05, 0.1) is 43.6 Å². The van der Waals surface area contributed by atoms with Crippen LogP contribution in [0.2, 0.25) is 0 Å². The summed E-state index contributed by atoms with van der Waals surface area (Å²) < 4.78 is 55.5. The quantitative estimate of drug-likeness (QED) is 0.747. The molecule has 1 heterocycles. The normalized spacial score (nSPS) is 19.4. The molecule has 0 aromatic heterocycles. The molecule has 0 amide bonds. The van der Waals surface area contributed by atoms with E-state index in [9.17, 15) is 12.8 Å². The highest BCUT2D eigenvalue weighted by Gasteiger charge is 2.22. The van der Waals surface area contributed by atoms with E-state index in [1.54, 1.807) is 0 Å². The first-order valence-corrected chi connectivity index (χ1v) is 7.74. The Morgan fingerprint density at radius 2 is 2.24 bits per heavy atom. The lowest BCUT2D eigenvalue weighted by Crippen LogP contribution is -2.39. The van der Waals surface area contributed by atoms with Gasteiger partial charge in [-0.2, -0.15) is 0 Å². The Morgan fingerprint density at radius 1 is 1.48 bits per heavy atom. The fraction of sp³-hybridized carbons (Fsp3) is 0.500. The molecule has 0 saturated carbocycles. The van der Waals surface area contributed by atoms with Gasteiger partial charge >= 0.3 is 0 Å². The largest absolute Gasteiger partial charge is 0.492 e. The number of sulfonamides is 1. The van der Waals surface area contributed by atoms with E-state index in [1.165, 1.54) is 7.11 Å².